The Labute approximate surface area is 118 Å². The van der Waals surface area contributed by atoms with Crippen LogP contribution in [0, 0.1) is 0 Å². The molecule has 8 heteroatoms. The molecule has 0 unspecified atom stereocenters. The van der Waals surface area contributed by atoms with Crippen molar-refractivity contribution >= 4 is 34.5 Å². The molecule has 0 saturated heterocycles. The van der Waals surface area contributed by atoms with Crippen LogP contribution in [0.3, 0.4) is 0 Å². The van der Waals surface area contributed by atoms with Crippen molar-refractivity contribution in [1.82, 2.24) is 25.2 Å². The van der Waals surface area contributed by atoms with E-state index in [-0.39, 0.29) is 5.25 Å². The number of aryl methyl sites for hydroxylation is 1. The molecule has 0 aliphatic heterocycles. The Morgan fingerprint density at radius 3 is 3.00 bits per heavy atom. The van der Waals surface area contributed by atoms with Crippen molar-refractivity contribution in [2.24, 2.45) is 7.05 Å². The maximum absolute atomic E-state index is 5.91. The molecule has 0 saturated carbocycles. The summed E-state index contributed by atoms with van der Waals surface area (Å²) in [7, 11) is 1.80. The first-order valence-corrected chi connectivity index (χ1v) is 6.84. The normalized spacial score (nSPS) is 13.0. The molecule has 6 nitrogen and oxygen atoms in total. The Morgan fingerprint density at radius 2 is 2.26 bits per heavy atom. The van der Waals surface area contributed by atoms with Crippen LogP contribution in [0.15, 0.2) is 27.8 Å². The highest BCUT2D eigenvalue weighted by molar-refractivity contribution is 7.99. The number of rotatable bonds is 3. The molecule has 1 aromatic carbocycles. The molecule has 19 heavy (non-hydrogen) atoms. The lowest BCUT2D eigenvalue weighted by molar-refractivity contribution is 0.488. The SMILES string of the molecule is C[C@@H](Sc1nc2ccc(Cl)cc2o1)c1nnnn1C. The van der Waals surface area contributed by atoms with Crippen LogP contribution in [-0.2, 0) is 7.05 Å². The molecule has 0 spiro atoms. The van der Waals surface area contributed by atoms with Crippen LogP contribution in [-0.4, -0.2) is 25.2 Å². The maximum atomic E-state index is 5.91. The smallest absolute Gasteiger partial charge is 0.257 e. The second-order valence-corrected chi connectivity index (χ2v) is 5.74. The van der Waals surface area contributed by atoms with Gasteiger partial charge in [-0.3, -0.25) is 0 Å². The highest BCUT2D eigenvalue weighted by Gasteiger charge is 2.17. The summed E-state index contributed by atoms with van der Waals surface area (Å²) in [5.41, 5.74) is 1.47. The molecule has 0 N–H and O–H groups in total. The van der Waals surface area contributed by atoms with Gasteiger partial charge in [0.05, 0.1) is 5.25 Å². The quantitative estimate of drug-likeness (QED) is 0.692. The molecule has 0 aliphatic carbocycles. The molecule has 3 rings (SSSR count). The molecule has 0 amide bonds. The first-order valence-electron chi connectivity index (χ1n) is 5.58. The highest BCUT2D eigenvalue weighted by atomic mass is 35.5. The fourth-order valence-corrected chi connectivity index (χ4v) is 2.77. The van der Waals surface area contributed by atoms with Gasteiger partial charge in [-0.15, -0.1) is 5.10 Å². The number of halogens is 1. The molecule has 1 atom stereocenters. The topological polar surface area (TPSA) is 69.6 Å². The van der Waals surface area contributed by atoms with E-state index in [0.29, 0.717) is 15.8 Å². The summed E-state index contributed by atoms with van der Waals surface area (Å²) in [4.78, 5) is 4.39. The maximum Gasteiger partial charge on any atom is 0.257 e. The van der Waals surface area contributed by atoms with Crippen LogP contribution in [0.5, 0.6) is 0 Å². The minimum Gasteiger partial charge on any atom is -0.431 e. The Bertz CT molecular complexity index is 725. The summed E-state index contributed by atoms with van der Waals surface area (Å²) in [5, 5.41) is 12.6. The van der Waals surface area contributed by atoms with E-state index in [1.807, 2.05) is 13.0 Å². The van der Waals surface area contributed by atoms with Crippen molar-refractivity contribution in [3.05, 3.63) is 29.0 Å². The Kier molecular flexibility index (Phi) is 3.16. The lowest BCUT2D eigenvalue weighted by atomic mass is 10.3. The first-order chi connectivity index (χ1) is 9.13. The number of fused-ring (bicyclic) bond motifs is 1. The molecular weight excluding hydrogens is 286 g/mol. The van der Waals surface area contributed by atoms with Crippen molar-refractivity contribution in [1.29, 1.82) is 0 Å². The minimum absolute atomic E-state index is 0.0449. The van der Waals surface area contributed by atoms with Gasteiger partial charge in [-0.05, 0) is 29.5 Å². The predicted octanol–water partition coefficient (Wildman–Crippen LogP) is 2.86. The Morgan fingerprint density at radius 1 is 1.42 bits per heavy atom. The molecule has 2 heterocycles. The van der Waals surface area contributed by atoms with Gasteiger partial charge in [0.25, 0.3) is 5.22 Å². The number of hydrogen-bond donors (Lipinski definition) is 0. The van der Waals surface area contributed by atoms with Crippen LogP contribution < -0.4 is 0 Å². The number of nitrogens with zero attached hydrogens (tertiary/aromatic N) is 5. The van der Waals surface area contributed by atoms with Crippen molar-refractivity contribution in [3.63, 3.8) is 0 Å². The van der Waals surface area contributed by atoms with Gasteiger partial charge in [-0.25, -0.2) is 9.67 Å². The fourth-order valence-electron chi connectivity index (χ4n) is 1.71. The zero-order valence-corrected chi connectivity index (χ0v) is 11.8. The van der Waals surface area contributed by atoms with Crippen LogP contribution >= 0.6 is 23.4 Å². The lowest BCUT2D eigenvalue weighted by Gasteiger charge is -2.05. The van der Waals surface area contributed by atoms with Crippen molar-refractivity contribution in [2.45, 2.75) is 17.4 Å². The standard InChI is InChI=1S/C11H10ClN5OS/c1-6(10-14-15-16-17(10)2)19-11-13-8-4-3-7(12)5-9(8)18-11/h3-6H,1-2H3/t6-/m1/s1. The van der Waals surface area contributed by atoms with Crippen molar-refractivity contribution in [3.8, 4) is 0 Å². The predicted molar refractivity (Wildman–Crippen MR) is 72.1 cm³/mol. The van der Waals surface area contributed by atoms with Crippen LogP contribution in [0.4, 0.5) is 0 Å². The fraction of sp³-hybridized carbons (Fsp3) is 0.273. The third kappa shape index (κ3) is 2.43. The summed E-state index contributed by atoms with van der Waals surface area (Å²) in [6.07, 6.45) is 0. The summed E-state index contributed by atoms with van der Waals surface area (Å²) in [6, 6.07) is 5.37. The first kappa shape index (κ1) is 12.4. The van der Waals surface area contributed by atoms with Crippen LogP contribution in [0.1, 0.15) is 18.0 Å². The number of hydrogen-bond acceptors (Lipinski definition) is 6. The van der Waals surface area contributed by atoms with Gasteiger partial charge in [-0.1, -0.05) is 23.4 Å². The summed E-state index contributed by atoms with van der Waals surface area (Å²) in [5.74, 6) is 0.769. The largest absolute Gasteiger partial charge is 0.431 e. The molecule has 0 bridgehead atoms. The Hall–Kier alpha value is -1.60. The summed E-state index contributed by atoms with van der Waals surface area (Å²) >= 11 is 7.37. The van der Waals surface area contributed by atoms with E-state index in [4.69, 9.17) is 16.0 Å². The number of aromatic nitrogens is 5. The summed E-state index contributed by atoms with van der Waals surface area (Å²) < 4.78 is 7.28. The van der Waals surface area contributed by atoms with Gasteiger partial charge >= 0.3 is 0 Å². The number of tetrazole rings is 1. The summed E-state index contributed by atoms with van der Waals surface area (Å²) in [6.45, 7) is 2.00. The average molecular weight is 296 g/mol. The van der Waals surface area contributed by atoms with E-state index in [0.717, 1.165) is 11.3 Å². The van der Waals surface area contributed by atoms with Gasteiger partial charge in [-0.2, -0.15) is 0 Å². The average Bonchev–Trinajstić information content (AvgIpc) is 2.94. The van der Waals surface area contributed by atoms with E-state index in [1.54, 1.807) is 23.9 Å². The molecule has 0 aliphatic rings. The molecule has 3 aromatic rings. The van der Waals surface area contributed by atoms with Gasteiger partial charge in [0.15, 0.2) is 11.4 Å². The highest BCUT2D eigenvalue weighted by Crippen LogP contribution is 2.34. The van der Waals surface area contributed by atoms with Gasteiger partial charge in [0.2, 0.25) is 0 Å². The Balaban J connectivity index is 1.87. The lowest BCUT2D eigenvalue weighted by Crippen LogP contribution is -2.01. The molecular formula is C11H10ClN5OS. The van der Waals surface area contributed by atoms with Gasteiger partial charge in [0.1, 0.15) is 5.52 Å². The van der Waals surface area contributed by atoms with E-state index in [1.165, 1.54) is 11.8 Å². The molecule has 2 aromatic heterocycles. The van der Waals surface area contributed by atoms with E-state index in [9.17, 15) is 0 Å². The minimum atomic E-state index is 0.0449. The van der Waals surface area contributed by atoms with Gasteiger partial charge < -0.3 is 4.42 Å². The van der Waals surface area contributed by atoms with E-state index < -0.39 is 0 Å². The second kappa shape index (κ2) is 4.82. The molecule has 0 radical (unpaired) electrons. The van der Waals surface area contributed by atoms with Crippen LogP contribution in [0.2, 0.25) is 5.02 Å². The van der Waals surface area contributed by atoms with Crippen molar-refractivity contribution in [2.75, 3.05) is 0 Å². The van der Waals surface area contributed by atoms with E-state index >= 15 is 0 Å². The number of oxazole rings is 1. The third-order valence-corrected chi connectivity index (χ3v) is 3.80. The molecule has 98 valence electrons. The van der Waals surface area contributed by atoms with Crippen LogP contribution in [0.25, 0.3) is 11.1 Å². The molecule has 0 fully saturated rings. The second-order valence-electron chi connectivity index (χ2n) is 4.01. The van der Waals surface area contributed by atoms with E-state index in [2.05, 4.69) is 20.5 Å². The monoisotopic (exact) mass is 295 g/mol. The van der Waals surface area contributed by atoms with Gasteiger partial charge in [0, 0.05) is 18.1 Å². The zero-order valence-electron chi connectivity index (χ0n) is 10.2. The van der Waals surface area contributed by atoms with Crippen molar-refractivity contribution < 1.29 is 4.42 Å². The zero-order chi connectivity index (χ0) is 13.4. The number of thioether (sulfide) groups is 1. The number of benzene rings is 1. The third-order valence-electron chi connectivity index (χ3n) is 2.62.